The Hall–Kier alpha value is -4.80. The number of alkyl halides is 3. The molecule has 0 bridgehead atoms. The van der Waals surface area contributed by atoms with Crippen molar-refractivity contribution in [3.05, 3.63) is 89.6 Å². The molecular weight excluding hydrogens is 539 g/mol. The lowest BCUT2D eigenvalue weighted by atomic mass is 9.84. The van der Waals surface area contributed by atoms with Crippen LogP contribution in [-0.2, 0) is 20.6 Å². The SMILES string of the molecule is O=C(Nc1cccc(C(F)(F)F)c1)[C@H]1[C@H]2C(=O)N(c3ccc4c(c3)OCCO4)C(=O)[C@@H]2[C@@H]2c3ccccc3C=CN12. The van der Waals surface area contributed by atoms with Crippen LogP contribution in [0.2, 0.25) is 0 Å². The second-order valence-corrected chi connectivity index (χ2v) is 10.2. The number of hydrogen-bond acceptors (Lipinski definition) is 6. The molecule has 2 fully saturated rings. The van der Waals surface area contributed by atoms with E-state index < -0.39 is 53.4 Å². The lowest BCUT2D eigenvalue weighted by Gasteiger charge is -2.35. The number of imide groups is 1. The summed E-state index contributed by atoms with van der Waals surface area (Å²) in [6.07, 6.45) is -1.12. The number of rotatable bonds is 3. The number of fused-ring (bicyclic) bond motifs is 6. The lowest BCUT2D eigenvalue weighted by molar-refractivity contribution is -0.137. The average molecular weight is 562 g/mol. The predicted molar refractivity (Wildman–Crippen MR) is 141 cm³/mol. The third kappa shape index (κ3) is 3.94. The molecule has 1 N–H and O–H groups in total. The van der Waals surface area contributed by atoms with E-state index in [0.29, 0.717) is 30.4 Å². The molecule has 3 aromatic carbocycles. The predicted octanol–water partition coefficient (Wildman–Crippen LogP) is 4.63. The lowest BCUT2D eigenvalue weighted by Crippen LogP contribution is -2.46. The molecule has 0 saturated carbocycles. The topological polar surface area (TPSA) is 88.2 Å². The summed E-state index contributed by atoms with van der Waals surface area (Å²) < 4.78 is 51.1. The first kappa shape index (κ1) is 25.2. The van der Waals surface area contributed by atoms with Crippen molar-refractivity contribution in [1.82, 2.24) is 4.90 Å². The molecule has 0 aliphatic carbocycles. The normalized spacial score (nSPS) is 24.2. The summed E-state index contributed by atoms with van der Waals surface area (Å²) in [5.41, 5.74) is 0.948. The van der Waals surface area contributed by atoms with E-state index in [1.165, 1.54) is 12.1 Å². The molecule has 7 rings (SSSR count). The Kier molecular flexibility index (Phi) is 5.60. The molecule has 3 amide bonds. The molecule has 0 aromatic heterocycles. The number of anilines is 2. The van der Waals surface area contributed by atoms with E-state index >= 15 is 0 Å². The number of hydrogen-bond donors (Lipinski definition) is 1. The average Bonchev–Trinajstić information content (AvgIpc) is 3.44. The van der Waals surface area contributed by atoms with Crippen molar-refractivity contribution in [3.63, 3.8) is 0 Å². The van der Waals surface area contributed by atoms with Crippen LogP contribution in [0.25, 0.3) is 6.08 Å². The van der Waals surface area contributed by atoms with Crippen molar-refractivity contribution in [2.45, 2.75) is 18.3 Å². The third-order valence-corrected chi connectivity index (χ3v) is 7.97. The van der Waals surface area contributed by atoms with Gasteiger partial charge >= 0.3 is 6.18 Å². The summed E-state index contributed by atoms with van der Waals surface area (Å²) in [5.74, 6) is -2.81. The summed E-state index contributed by atoms with van der Waals surface area (Å²) in [4.78, 5) is 44.6. The molecule has 41 heavy (non-hydrogen) atoms. The van der Waals surface area contributed by atoms with Gasteiger partial charge in [0.05, 0.1) is 29.1 Å². The fourth-order valence-corrected chi connectivity index (χ4v) is 6.27. The van der Waals surface area contributed by atoms with E-state index in [1.807, 2.05) is 24.3 Å². The maximum Gasteiger partial charge on any atom is 0.416 e. The van der Waals surface area contributed by atoms with Gasteiger partial charge in [-0.15, -0.1) is 0 Å². The van der Waals surface area contributed by atoms with Gasteiger partial charge in [0, 0.05) is 18.0 Å². The van der Waals surface area contributed by atoms with Gasteiger partial charge in [-0.05, 0) is 47.5 Å². The highest BCUT2D eigenvalue weighted by Gasteiger charge is 2.64. The van der Waals surface area contributed by atoms with Gasteiger partial charge in [0.25, 0.3) is 0 Å². The first-order chi connectivity index (χ1) is 19.7. The number of carbonyl (C=O) groups excluding carboxylic acids is 3. The van der Waals surface area contributed by atoms with E-state index in [9.17, 15) is 27.6 Å². The molecule has 0 radical (unpaired) electrons. The molecule has 4 aliphatic heterocycles. The van der Waals surface area contributed by atoms with Crippen LogP contribution in [0.15, 0.2) is 72.9 Å². The molecule has 0 spiro atoms. The van der Waals surface area contributed by atoms with Crippen LogP contribution >= 0.6 is 0 Å². The number of nitrogens with one attached hydrogen (secondary N) is 1. The van der Waals surface area contributed by atoms with Gasteiger partial charge in [0.1, 0.15) is 19.3 Å². The van der Waals surface area contributed by atoms with Gasteiger partial charge in [-0.25, -0.2) is 4.90 Å². The van der Waals surface area contributed by atoms with Gasteiger partial charge in [-0.1, -0.05) is 30.3 Å². The highest BCUT2D eigenvalue weighted by atomic mass is 19.4. The molecule has 11 heteroatoms. The second kappa shape index (κ2) is 9.12. The molecule has 4 aliphatic rings. The Morgan fingerprint density at radius 1 is 0.878 bits per heavy atom. The summed E-state index contributed by atoms with van der Waals surface area (Å²) >= 11 is 0. The van der Waals surface area contributed by atoms with E-state index in [-0.39, 0.29) is 5.69 Å². The van der Waals surface area contributed by atoms with Crippen molar-refractivity contribution >= 4 is 35.2 Å². The first-order valence-electron chi connectivity index (χ1n) is 13.0. The quantitative estimate of drug-likeness (QED) is 0.470. The van der Waals surface area contributed by atoms with Crippen molar-refractivity contribution in [3.8, 4) is 11.5 Å². The van der Waals surface area contributed by atoms with E-state index in [2.05, 4.69) is 5.32 Å². The van der Waals surface area contributed by atoms with Gasteiger partial charge in [-0.2, -0.15) is 13.2 Å². The Balaban J connectivity index is 1.28. The zero-order chi connectivity index (χ0) is 28.5. The monoisotopic (exact) mass is 561 g/mol. The highest BCUT2D eigenvalue weighted by molar-refractivity contribution is 6.24. The first-order valence-corrected chi connectivity index (χ1v) is 13.0. The van der Waals surface area contributed by atoms with Gasteiger partial charge < -0.3 is 19.7 Å². The van der Waals surface area contributed by atoms with Crippen molar-refractivity contribution in [1.29, 1.82) is 0 Å². The van der Waals surface area contributed by atoms with Crippen LogP contribution in [-0.4, -0.2) is 41.9 Å². The summed E-state index contributed by atoms with van der Waals surface area (Å²) in [7, 11) is 0. The molecule has 0 unspecified atom stereocenters. The van der Waals surface area contributed by atoms with Crippen molar-refractivity contribution < 1.29 is 37.0 Å². The molecular formula is C30H22F3N3O5. The minimum absolute atomic E-state index is 0.0633. The Labute approximate surface area is 231 Å². The van der Waals surface area contributed by atoms with Gasteiger partial charge in [-0.3, -0.25) is 14.4 Å². The minimum atomic E-state index is -4.60. The van der Waals surface area contributed by atoms with Crippen LogP contribution in [0, 0.1) is 11.8 Å². The molecule has 3 aromatic rings. The van der Waals surface area contributed by atoms with Crippen molar-refractivity contribution in [2.75, 3.05) is 23.4 Å². The highest BCUT2D eigenvalue weighted by Crippen LogP contribution is 2.53. The van der Waals surface area contributed by atoms with Crippen LogP contribution in [0.3, 0.4) is 0 Å². The van der Waals surface area contributed by atoms with E-state index in [0.717, 1.165) is 28.2 Å². The Morgan fingerprint density at radius 3 is 2.44 bits per heavy atom. The summed E-state index contributed by atoms with van der Waals surface area (Å²) in [6, 6.07) is 14.7. The number of carbonyl (C=O) groups is 3. The maximum atomic E-state index is 14.0. The molecule has 208 valence electrons. The number of amides is 3. The smallest absolute Gasteiger partial charge is 0.416 e. The van der Waals surface area contributed by atoms with Crippen LogP contribution in [0.4, 0.5) is 24.5 Å². The van der Waals surface area contributed by atoms with Crippen LogP contribution < -0.4 is 19.7 Å². The van der Waals surface area contributed by atoms with E-state index in [4.69, 9.17) is 9.47 Å². The molecule has 2 saturated heterocycles. The molecule has 4 atom stereocenters. The fraction of sp³-hybridized carbons (Fsp3) is 0.233. The van der Waals surface area contributed by atoms with Crippen LogP contribution in [0.5, 0.6) is 11.5 Å². The zero-order valence-corrected chi connectivity index (χ0v) is 21.3. The fourth-order valence-electron chi connectivity index (χ4n) is 6.27. The number of halogens is 3. The van der Waals surface area contributed by atoms with Gasteiger partial charge in [0.15, 0.2) is 11.5 Å². The Bertz CT molecular complexity index is 1640. The van der Waals surface area contributed by atoms with Gasteiger partial charge in [0.2, 0.25) is 17.7 Å². The standard InChI is InChI=1S/C30H22F3N3O5/c31-30(32,33)17-5-3-6-18(14-17)34-27(37)26-24-23(25-20-7-2-1-4-16(20)10-11-35(25)26)28(38)36(29(24)39)19-8-9-21-22(15-19)41-13-12-40-21/h1-11,14-15,23-26H,12-13H2,(H,34,37)/t23-,24-,25-,26+/m0/s1. The number of ether oxygens (including phenoxy) is 2. The maximum absolute atomic E-state index is 14.0. The third-order valence-electron chi connectivity index (χ3n) is 7.97. The second-order valence-electron chi connectivity index (χ2n) is 10.2. The van der Waals surface area contributed by atoms with E-state index in [1.54, 1.807) is 35.4 Å². The largest absolute Gasteiger partial charge is 0.486 e. The number of benzene rings is 3. The molecule has 8 nitrogen and oxygen atoms in total. The molecule has 4 heterocycles. The van der Waals surface area contributed by atoms with Crippen molar-refractivity contribution in [2.24, 2.45) is 11.8 Å². The summed E-state index contributed by atoms with van der Waals surface area (Å²) in [6.45, 7) is 0.701. The zero-order valence-electron chi connectivity index (χ0n) is 21.3. The minimum Gasteiger partial charge on any atom is -0.486 e. The summed E-state index contributed by atoms with van der Waals surface area (Å²) in [5, 5.41) is 2.56. The number of nitrogens with zero attached hydrogens (tertiary/aromatic N) is 2. The van der Waals surface area contributed by atoms with Crippen LogP contribution in [0.1, 0.15) is 22.7 Å². The Morgan fingerprint density at radius 2 is 1.63 bits per heavy atom.